The molecule has 0 aliphatic carbocycles. The molecule has 1 heterocycles. The van der Waals surface area contributed by atoms with E-state index in [4.69, 9.17) is 5.11 Å². The molecule has 2 aromatic rings. The molecule has 1 aromatic heterocycles. The van der Waals surface area contributed by atoms with Crippen LogP contribution in [0, 0.1) is 17.0 Å². The van der Waals surface area contributed by atoms with Gasteiger partial charge in [-0.2, -0.15) is 0 Å². The average molecular weight is 306 g/mol. The van der Waals surface area contributed by atoms with Crippen molar-refractivity contribution in [3.63, 3.8) is 0 Å². The number of hydrogen-bond donors (Lipinski definition) is 2. The van der Waals surface area contributed by atoms with Gasteiger partial charge in [-0.05, 0) is 30.7 Å². The number of benzene rings is 1. The summed E-state index contributed by atoms with van der Waals surface area (Å²) in [6.07, 6.45) is 0. The van der Waals surface area contributed by atoms with E-state index in [9.17, 15) is 19.7 Å². The molecule has 0 aliphatic heterocycles. The molecule has 0 aliphatic rings. The van der Waals surface area contributed by atoms with E-state index in [0.717, 1.165) is 11.3 Å². The minimum Gasteiger partial charge on any atom is -0.478 e. The molecule has 7 nitrogen and oxygen atoms in total. The van der Waals surface area contributed by atoms with Crippen LogP contribution in [0.15, 0.2) is 29.6 Å². The molecule has 21 heavy (non-hydrogen) atoms. The first-order valence-corrected chi connectivity index (χ1v) is 6.64. The van der Waals surface area contributed by atoms with Crippen LogP contribution in [0.2, 0.25) is 0 Å². The van der Waals surface area contributed by atoms with Crippen LogP contribution in [-0.4, -0.2) is 21.9 Å². The van der Waals surface area contributed by atoms with Crippen LogP contribution in [0.1, 0.15) is 26.3 Å². The van der Waals surface area contributed by atoms with E-state index in [2.05, 4.69) is 5.32 Å². The van der Waals surface area contributed by atoms with Gasteiger partial charge >= 0.3 is 11.0 Å². The van der Waals surface area contributed by atoms with Crippen molar-refractivity contribution in [1.82, 2.24) is 0 Å². The lowest BCUT2D eigenvalue weighted by molar-refractivity contribution is -0.380. The molecular formula is C13H10N2O5S. The molecule has 0 radical (unpaired) electrons. The monoisotopic (exact) mass is 306 g/mol. The van der Waals surface area contributed by atoms with E-state index < -0.39 is 16.8 Å². The number of carboxylic acids is 1. The third-order valence-corrected chi connectivity index (χ3v) is 3.62. The Kier molecular flexibility index (Phi) is 3.99. The number of carbonyl (C=O) groups is 2. The average Bonchev–Trinajstić information content (AvgIpc) is 2.88. The van der Waals surface area contributed by atoms with Crippen LogP contribution in [0.25, 0.3) is 0 Å². The summed E-state index contributed by atoms with van der Waals surface area (Å²) in [7, 11) is 0. The highest BCUT2D eigenvalue weighted by Gasteiger charge is 2.15. The Bertz CT molecular complexity index is 738. The van der Waals surface area contributed by atoms with Gasteiger partial charge in [-0.1, -0.05) is 11.3 Å². The van der Waals surface area contributed by atoms with Crippen LogP contribution >= 0.6 is 11.3 Å². The van der Waals surface area contributed by atoms with E-state index in [-0.39, 0.29) is 16.1 Å². The van der Waals surface area contributed by atoms with Crippen molar-refractivity contribution >= 4 is 33.9 Å². The fraction of sp³-hybridized carbons (Fsp3) is 0.0769. The summed E-state index contributed by atoms with van der Waals surface area (Å²) in [6.45, 7) is 1.62. The smallest absolute Gasteiger partial charge is 0.335 e. The summed E-state index contributed by atoms with van der Waals surface area (Å²) >= 11 is 0.868. The zero-order valence-electron chi connectivity index (χ0n) is 10.8. The number of aromatic carboxylic acids is 1. The number of nitro groups is 1. The quantitative estimate of drug-likeness (QED) is 0.666. The summed E-state index contributed by atoms with van der Waals surface area (Å²) in [5.41, 5.74) is 1.28. The van der Waals surface area contributed by atoms with Gasteiger partial charge in [0.15, 0.2) is 0 Å². The predicted molar refractivity (Wildman–Crippen MR) is 77.1 cm³/mol. The molecule has 8 heteroatoms. The lowest BCUT2D eigenvalue weighted by atomic mass is 10.1. The number of amides is 1. The molecule has 0 spiro atoms. The minimum absolute atomic E-state index is 0.113. The van der Waals surface area contributed by atoms with Crippen molar-refractivity contribution in [2.75, 3.05) is 5.32 Å². The van der Waals surface area contributed by atoms with E-state index in [1.165, 1.54) is 29.6 Å². The standard InChI is InChI=1S/C13H10N2O5S/c1-7-4-9(2-3-10(7)13(17)18)14-12(16)8-5-11(15(19)20)21-6-8/h2-6H,1H3,(H,14,16)(H,17,18). The molecule has 108 valence electrons. The van der Waals surface area contributed by atoms with Crippen LogP contribution < -0.4 is 5.32 Å². The summed E-state index contributed by atoms with van der Waals surface area (Å²) in [4.78, 5) is 32.8. The van der Waals surface area contributed by atoms with Crippen molar-refractivity contribution in [3.05, 3.63) is 56.5 Å². The van der Waals surface area contributed by atoms with Gasteiger partial charge in [-0.3, -0.25) is 14.9 Å². The first-order valence-electron chi connectivity index (χ1n) is 5.76. The number of carbonyl (C=O) groups excluding carboxylic acids is 1. The Morgan fingerprint density at radius 2 is 2.05 bits per heavy atom. The van der Waals surface area contributed by atoms with Crippen LogP contribution in [0.5, 0.6) is 0 Å². The maximum Gasteiger partial charge on any atom is 0.335 e. The number of hydrogen-bond acceptors (Lipinski definition) is 5. The molecule has 0 atom stereocenters. The van der Waals surface area contributed by atoms with Gasteiger partial charge in [-0.15, -0.1) is 0 Å². The summed E-state index contributed by atoms with van der Waals surface area (Å²) < 4.78 is 0. The lowest BCUT2D eigenvalue weighted by Crippen LogP contribution is -2.11. The van der Waals surface area contributed by atoms with Crippen molar-refractivity contribution in [2.45, 2.75) is 6.92 Å². The van der Waals surface area contributed by atoms with Crippen LogP contribution in [0.4, 0.5) is 10.7 Å². The van der Waals surface area contributed by atoms with Gasteiger partial charge in [0, 0.05) is 17.1 Å². The third-order valence-electron chi connectivity index (χ3n) is 2.74. The maximum absolute atomic E-state index is 11.9. The molecule has 0 unspecified atom stereocenters. The fourth-order valence-electron chi connectivity index (χ4n) is 1.72. The molecule has 0 bridgehead atoms. The second kappa shape index (κ2) is 5.71. The summed E-state index contributed by atoms with van der Waals surface area (Å²) in [5.74, 6) is -1.53. The molecule has 1 amide bonds. The van der Waals surface area contributed by atoms with Crippen molar-refractivity contribution in [1.29, 1.82) is 0 Å². The second-order valence-corrected chi connectivity index (χ2v) is 5.11. The normalized spacial score (nSPS) is 10.1. The van der Waals surface area contributed by atoms with Gasteiger partial charge in [0.05, 0.1) is 16.1 Å². The highest BCUT2D eigenvalue weighted by Crippen LogP contribution is 2.23. The Balaban J connectivity index is 2.17. The molecule has 2 rings (SSSR count). The Hall–Kier alpha value is -2.74. The third kappa shape index (κ3) is 3.23. The van der Waals surface area contributed by atoms with E-state index in [1.54, 1.807) is 6.92 Å². The van der Waals surface area contributed by atoms with Gasteiger partial charge in [0.1, 0.15) is 0 Å². The van der Waals surface area contributed by atoms with Gasteiger partial charge in [0.25, 0.3) is 5.91 Å². The summed E-state index contributed by atoms with van der Waals surface area (Å²) in [5, 5.41) is 23.3. The number of thiophene rings is 1. The van der Waals surface area contributed by atoms with Crippen LogP contribution in [0.3, 0.4) is 0 Å². The number of nitrogens with zero attached hydrogens (tertiary/aromatic N) is 1. The van der Waals surface area contributed by atoms with Crippen molar-refractivity contribution < 1.29 is 19.6 Å². The predicted octanol–water partition coefficient (Wildman–Crippen LogP) is 2.92. The first-order chi connectivity index (χ1) is 9.88. The van der Waals surface area contributed by atoms with Crippen molar-refractivity contribution in [3.8, 4) is 0 Å². The van der Waals surface area contributed by atoms with Gasteiger partial charge in [-0.25, -0.2) is 4.79 Å². The zero-order chi connectivity index (χ0) is 15.6. The molecular weight excluding hydrogens is 296 g/mol. The number of aryl methyl sites for hydroxylation is 1. The number of anilines is 1. The van der Waals surface area contributed by atoms with Crippen molar-refractivity contribution in [2.24, 2.45) is 0 Å². The van der Waals surface area contributed by atoms with Gasteiger partial charge in [0.2, 0.25) is 0 Å². The molecule has 0 saturated heterocycles. The fourth-order valence-corrected chi connectivity index (χ4v) is 2.43. The van der Waals surface area contributed by atoms with E-state index in [1.807, 2.05) is 0 Å². The topological polar surface area (TPSA) is 110 Å². The molecule has 0 fully saturated rings. The highest BCUT2D eigenvalue weighted by molar-refractivity contribution is 7.13. The minimum atomic E-state index is -1.04. The Morgan fingerprint density at radius 1 is 1.33 bits per heavy atom. The van der Waals surface area contributed by atoms with Gasteiger partial charge < -0.3 is 10.4 Å². The zero-order valence-corrected chi connectivity index (χ0v) is 11.6. The number of rotatable bonds is 4. The molecule has 1 aromatic carbocycles. The largest absolute Gasteiger partial charge is 0.478 e. The SMILES string of the molecule is Cc1cc(NC(=O)c2csc([N+](=O)[O-])c2)ccc1C(=O)O. The van der Waals surface area contributed by atoms with E-state index >= 15 is 0 Å². The van der Waals surface area contributed by atoms with E-state index in [0.29, 0.717) is 11.3 Å². The highest BCUT2D eigenvalue weighted by atomic mass is 32.1. The Labute approximate surface area is 123 Å². The molecule has 2 N–H and O–H groups in total. The van der Waals surface area contributed by atoms with Crippen LogP contribution in [-0.2, 0) is 0 Å². The number of carboxylic acid groups (broad SMARTS) is 1. The lowest BCUT2D eigenvalue weighted by Gasteiger charge is -2.06. The number of nitrogens with one attached hydrogen (secondary N) is 1. The Morgan fingerprint density at radius 3 is 2.57 bits per heavy atom. The summed E-state index contributed by atoms with van der Waals surface area (Å²) in [6, 6.07) is 5.58. The molecule has 0 saturated carbocycles. The first kappa shape index (κ1) is 14.7. The second-order valence-electron chi connectivity index (χ2n) is 4.22. The maximum atomic E-state index is 11.9.